The van der Waals surface area contributed by atoms with E-state index in [1.807, 2.05) is 18.8 Å². The molecule has 0 aliphatic rings. The molecule has 0 aromatic heterocycles. The van der Waals surface area contributed by atoms with E-state index in [0.29, 0.717) is 0 Å². The highest BCUT2D eigenvalue weighted by Gasteiger charge is 2.35. The second-order valence-corrected chi connectivity index (χ2v) is 11.7. The van der Waals surface area contributed by atoms with Gasteiger partial charge in [-0.25, -0.2) is 0 Å². The van der Waals surface area contributed by atoms with Crippen molar-refractivity contribution in [3.63, 3.8) is 0 Å². The smallest absolute Gasteiger partial charge is 0.326 e. The molecule has 0 spiro atoms. The summed E-state index contributed by atoms with van der Waals surface area (Å²) in [6.45, 7) is 11.2. The maximum absolute atomic E-state index is 5.99. The van der Waals surface area contributed by atoms with E-state index in [4.69, 9.17) is 18.0 Å². The van der Waals surface area contributed by atoms with E-state index in [0.717, 1.165) is 0 Å². The predicted molar refractivity (Wildman–Crippen MR) is 78.6 cm³/mol. The Kier molecular flexibility index (Phi) is 11.8. The number of ether oxygens (including phenoxy) is 2. The number of rotatable bonds is 7. The molecule has 0 aromatic carbocycles. The van der Waals surface area contributed by atoms with Crippen molar-refractivity contribution >= 4 is 16.9 Å². The van der Waals surface area contributed by atoms with E-state index in [-0.39, 0.29) is 14.9 Å². The van der Waals surface area contributed by atoms with Crippen LogP contribution in [0.4, 0.5) is 0 Å². The van der Waals surface area contributed by atoms with Crippen molar-refractivity contribution in [3.8, 4) is 0 Å². The lowest BCUT2D eigenvalue weighted by atomic mass is 11.2. The van der Waals surface area contributed by atoms with Crippen LogP contribution in [0.5, 0.6) is 0 Å². The molecule has 0 radical (unpaired) electrons. The Bertz CT molecular complexity index is 204. The van der Waals surface area contributed by atoms with Crippen LogP contribution in [0.2, 0.25) is 26.2 Å². The minimum absolute atomic E-state index is 0. The van der Waals surface area contributed by atoms with Crippen molar-refractivity contribution in [3.05, 3.63) is 12.3 Å². The van der Waals surface area contributed by atoms with E-state index in [9.17, 15) is 0 Å². The molecule has 0 aliphatic carbocycles. The second kappa shape index (κ2) is 9.01. The van der Waals surface area contributed by atoms with E-state index in [1.54, 1.807) is 0 Å². The molecule has 0 rings (SSSR count). The molecule has 0 fully saturated rings. The number of methoxy groups -OCH3 is 2. The van der Waals surface area contributed by atoms with Gasteiger partial charge in [-0.2, -0.15) is 0 Å². The van der Waals surface area contributed by atoms with Gasteiger partial charge in [-0.05, 0) is 26.2 Å². The second-order valence-electron chi connectivity index (χ2n) is 4.19. The lowest BCUT2D eigenvalue weighted by molar-refractivity contribution is -0.229. The Hall–Kier alpha value is 0.0138. The average molecular weight is 283 g/mol. The van der Waals surface area contributed by atoms with Gasteiger partial charge in [-0.1, -0.05) is 20.6 Å². The highest BCUT2D eigenvalue weighted by molar-refractivity contribution is 6.85. The molecule has 0 heterocycles. The van der Waals surface area contributed by atoms with Crippen LogP contribution in [0, 0.1) is 0 Å². The highest BCUT2D eigenvalue weighted by Crippen LogP contribution is 2.18. The molecule has 0 aliphatic heterocycles. The summed E-state index contributed by atoms with van der Waals surface area (Å²) in [4.78, 5) is 0. The SMILES string of the molecule is C.C.C=C[Si](C)(C)O[Si](C)(C)OC(OC)OC. The van der Waals surface area contributed by atoms with Crippen LogP contribution in [0.15, 0.2) is 12.3 Å². The Morgan fingerprint density at radius 2 is 1.41 bits per heavy atom. The summed E-state index contributed by atoms with van der Waals surface area (Å²) >= 11 is 0. The van der Waals surface area contributed by atoms with Crippen LogP contribution in [-0.4, -0.2) is 37.6 Å². The normalized spacial score (nSPS) is 11.7. The number of hydrogen-bond donors (Lipinski definition) is 0. The first kappa shape index (κ1) is 22.2. The van der Waals surface area contributed by atoms with E-state index < -0.39 is 23.4 Å². The van der Waals surface area contributed by atoms with Crippen LogP contribution in [0.25, 0.3) is 0 Å². The molecule has 0 unspecified atom stereocenters. The summed E-state index contributed by atoms with van der Waals surface area (Å²) in [7, 11) is -0.967. The van der Waals surface area contributed by atoms with Gasteiger partial charge in [0.15, 0.2) is 8.32 Å². The molecule has 0 saturated heterocycles. The lowest BCUT2D eigenvalue weighted by Gasteiger charge is -2.33. The summed E-state index contributed by atoms with van der Waals surface area (Å²) in [6.07, 6.45) is 0. The summed E-state index contributed by atoms with van der Waals surface area (Å²) in [5.41, 5.74) is 1.89. The van der Waals surface area contributed by atoms with Crippen LogP contribution in [0.3, 0.4) is 0 Å². The molecule has 106 valence electrons. The molecular weight excluding hydrogens is 252 g/mol. The van der Waals surface area contributed by atoms with Crippen LogP contribution in [0.1, 0.15) is 14.9 Å². The summed E-state index contributed by atoms with van der Waals surface area (Å²) in [5, 5.41) is 0. The van der Waals surface area contributed by atoms with Gasteiger partial charge in [0.1, 0.15) is 0 Å². The monoisotopic (exact) mass is 282 g/mol. The third-order valence-electron chi connectivity index (χ3n) is 1.77. The summed E-state index contributed by atoms with van der Waals surface area (Å²) in [6, 6.07) is 0. The molecule has 0 aromatic rings. The van der Waals surface area contributed by atoms with Crippen molar-refractivity contribution in [1.29, 1.82) is 0 Å². The van der Waals surface area contributed by atoms with Crippen molar-refractivity contribution in [2.75, 3.05) is 14.2 Å². The highest BCUT2D eigenvalue weighted by atomic mass is 28.4. The fraction of sp³-hybridized carbons (Fsp3) is 0.818. The minimum atomic E-state index is -2.22. The molecule has 0 bridgehead atoms. The van der Waals surface area contributed by atoms with Gasteiger partial charge >= 0.3 is 8.56 Å². The van der Waals surface area contributed by atoms with Gasteiger partial charge in [0.25, 0.3) is 6.48 Å². The van der Waals surface area contributed by atoms with Crippen LogP contribution >= 0.6 is 0 Å². The standard InChI is InChI=1S/C9H22O4Si2.2CH4/c1-8-14(4,5)13-15(6,7)12-9(10-2)11-3;;/h8-9H,1H2,2-7H3;2*1H4. The first-order chi connectivity index (χ1) is 6.76. The van der Waals surface area contributed by atoms with Crippen molar-refractivity contribution in [1.82, 2.24) is 0 Å². The minimum Gasteiger partial charge on any atom is -0.433 e. The molecule has 6 heteroatoms. The molecule has 0 atom stereocenters. The number of hydrogen-bond acceptors (Lipinski definition) is 4. The van der Waals surface area contributed by atoms with Gasteiger partial charge in [-0.15, -0.1) is 6.58 Å². The van der Waals surface area contributed by atoms with E-state index in [1.165, 1.54) is 14.2 Å². The zero-order valence-corrected chi connectivity index (χ0v) is 12.5. The Labute approximate surface area is 109 Å². The maximum Gasteiger partial charge on any atom is 0.326 e. The zero-order valence-electron chi connectivity index (χ0n) is 10.5. The molecular formula is C11H30O4Si2. The molecule has 4 nitrogen and oxygen atoms in total. The largest absolute Gasteiger partial charge is 0.433 e. The fourth-order valence-corrected chi connectivity index (χ4v) is 7.37. The van der Waals surface area contributed by atoms with Gasteiger partial charge in [0.05, 0.1) is 0 Å². The van der Waals surface area contributed by atoms with Gasteiger partial charge in [-0.3, -0.25) is 0 Å². The Morgan fingerprint density at radius 3 is 1.71 bits per heavy atom. The van der Waals surface area contributed by atoms with Gasteiger partial charge in [0.2, 0.25) is 0 Å². The third kappa shape index (κ3) is 9.69. The van der Waals surface area contributed by atoms with E-state index in [2.05, 4.69) is 19.7 Å². The molecule has 17 heavy (non-hydrogen) atoms. The zero-order chi connectivity index (χ0) is 12.1. The third-order valence-corrected chi connectivity index (χ3v) is 7.58. The summed E-state index contributed by atoms with van der Waals surface area (Å²) < 4.78 is 21.6. The average Bonchev–Trinajstić information content (AvgIpc) is 2.12. The molecule has 0 amide bonds. The van der Waals surface area contributed by atoms with E-state index >= 15 is 0 Å². The van der Waals surface area contributed by atoms with Gasteiger partial charge < -0.3 is 18.0 Å². The van der Waals surface area contributed by atoms with Crippen molar-refractivity contribution in [2.45, 2.75) is 47.5 Å². The maximum atomic E-state index is 5.99. The first-order valence-electron chi connectivity index (χ1n) is 4.83. The fourth-order valence-electron chi connectivity index (χ4n) is 1.12. The predicted octanol–water partition coefficient (Wildman–Crippen LogP) is 3.50. The molecule has 0 N–H and O–H groups in total. The lowest BCUT2D eigenvalue weighted by Crippen LogP contribution is -2.48. The first-order valence-corrected chi connectivity index (χ1v) is 10.6. The molecule has 0 saturated carbocycles. The Balaban J connectivity index is -0.000000980. The van der Waals surface area contributed by atoms with Crippen LogP contribution in [-0.2, 0) is 18.0 Å². The Morgan fingerprint density at radius 1 is 1.00 bits per heavy atom. The van der Waals surface area contributed by atoms with Gasteiger partial charge in [0, 0.05) is 14.2 Å². The van der Waals surface area contributed by atoms with Crippen LogP contribution < -0.4 is 0 Å². The topological polar surface area (TPSA) is 36.9 Å². The van der Waals surface area contributed by atoms with Crippen molar-refractivity contribution in [2.24, 2.45) is 0 Å². The van der Waals surface area contributed by atoms with Crippen molar-refractivity contribution < 1.29 is 18.0 Å². The summed E-state index contributed by atoms with van der Waals surface area (Å²) in [5.74, 6) is 0. The quantitative estimate of drug-likeness (QED) is 0.529.